The van der Waals surface area contributed by atoms with Crippen molar-refractivity contribution >= 4 is 21.8 Å². The maximum Gasteiger partial charge on any atom is 0.220 e. The maximum atomic E-state index is 11.7. The monoisotopic (exact) mass is 312 g/mol. The van der Waals surface area contributed by atoms with E-state index in [0.29, 0.717) is 25.4 Å². The molecule has 100 valence electrons. The lowest BCUT2D eigenvalue weighted by Crippen LogP contribution is -2.23. The van der Waals surface area contributed by atoms with Crippen molar-refractivity contribution in [2.45, 2.75) is 32.7 Å². The molecule has 0 spiro atoms. The average Bonchev–Trinajstić information content (AvgIpc) is 2.36. The summed E-state index contributed by atoms with van der Waals surface area (Å²) in [6, 6.07) is 7.91. The number of carbonyl (C=O) groups is 1. The summed E-state index contributed by atoms with van der Waals surface area (Å²) in [5, 5.41) is 2.94. The molecule has 4 heteroatoms. The first-order chi connectivity index (χ1) is 8.63. The zero-order chi connectivity index (χ0) is 13.4. The zero-order valence-corrected chi connectivity index (χ0v) is 12.4. The quantitative estimate of drug-likeness (QED) is 0.813. The summed E-state index contributed by atoms with van der Waals surface area (Å²) in [5.41, 5.74) is 6.58. The van der Waals surface area contributed by atoms with Crippen LogP contribution < -0.4 is 11.1 Å². The SMILES string of the molecule is CC(CCN)CCC(=O)NCc1ccccc1Br. The van der Waals surface area contributed by atoms with Gasteiger partial charge in [-0.15, -0.1) is 0 Å². The second-order valence-corrected chi connectivity index (χ2v) is 5.44. The van der Waals surface area contributed by atoms with E-state index < -0.39 is 0 Å². The van der Waals surface area contributed by atoms with Gasteiger partial charge < -0.3 is 11.1 Å². The standard InChI is InChI=1S/C14H21BrN2O/c1-11(8-9-16)6-7-14(18)17-10-12-4-2-3-5-13(12)15/h2-5,11H,6-10,16H2,1H3,(H,17,18). The fourth-order valence-corrected chi connectivity index (χ4v) is 2.16. The highest BCUT2D eigenvalue weighted by Crippen LogP contribution is 2.15. The van der Waals surface area contributed by atoms with E-state index in [-0.39, 0.29) is 5.91 Å². The third kappa shape index (κ3) is 5.65. The number of benzene rings is 1. The predicted octanol–water partition coefficient (Wildman–Crippen LogP) is 2.83. The van der Waals surface area contributed by atoms with Gasteiger partial charge in [0.05, 0.1) is 0 Å². The first-order valence-corrected chi connectivity index (χ1v) is 7.13. The molecule has 0 radical (unpaired) electrons. The second-order valence-electron chi connectivity index (χ2n) is 4.59. The molecular formula is C14H21BrN2O. The van der Waals surface area contributed by atoms with Crippen molar-refractivity contribution in [3.8, 4) is 0 Å². The Morgan fingerprint density at radius 2 is 2.11 bits per heavy atom. The molecule has 1 amide bonds. The molecule has 0 aromatic heterocycles. The van der Waals surface area contributed by atoms with Crippen LogP contribution >= 0.6 is 15.9 Å². The fraction of sp³-hybridized carbons (Fsp3) is 0.500. The van der Waals surface area contributed by atoms with Crippen LogP contribution in [0.2, 0.25) is 0 Å². The highest BCUT2D eigenvalue weighted by molar-refractivity contribution is 9.10. The summed E-state index contributed by atoms with van der Waals surface area (Å²) in [6.45, 7) is 3.40. The summed E-state index contributed by atoms with van der Waals surface area (Å²) in [7, 11) is 0. The van der Waals surface area contributed by atoms with Gasteiger partial charge in [-0.3, -0.25) is 4.79 Å². The van der Waals surface area contributed by atoms with Crippen molar-refractivity contribution in [2.24, 2.45) is 11.7 Å². The molecule has 3 N–H and O–H groups in total. The molecular weight excluding hydrogens is 292 g/mol. The van der Waals surface area contributed by atoms with Crippen LogP contribution in [-0.2, 0) is 11.3 Å². The minimum atomic E-state index is 0.106. The Morgan fingerprint density at radius 1 is 1.39 bits per heavy atom. The first kappa shape index (κ1) is 15.2. The molecule has 0 heterocycles. The molecule has 1 atom stereocenters. The highest BCUT2D eigenvalue weighted by Gasteiger charge is 2.06. The Balaban J connectivity index is 2.27. The molecule has 0 saturated carbocycles. The molecule has 18 heavy (non-hydrogen) atoms. The lowest BCUT2D eigenvalue weighted by Gasteiger charge is -2.10. The molecule has 3 nitrogen and oxygen atoms in total. The van der Waals surface area contributed by atoms with Gasteiger partial charge in [-0.25, -0.2) is 0 Å². The van der Waals surface area contributed by atoms with Crippen molar-refractivity contribution in [1.82, 2.24) is 5.32 Å². The van der Waals surface area contributed by atoms with Crippen LogP contribution in [0.3, 0.4) is 0 Å². The van der Waals surface area contributed by atoms with E-state index >= 15 is 0 Å². The normalized spacial score (nSPS) is 12.2. The van der Waals surface area contributed by atoms with E-state index in [1.54, 1.807) is 0 Å². The van der Waals surface area contributed by atoms with E-state index in [9.17, 15) is 4.79 Å². The molecule has 0 aliphatic rings. The molecule has 1 unspecified atom stereocenters. The van der Waals surface area contributed by atoms with Crippen LogP contribution in [-0.4, -0.2) is 12.5 Å². The summed E-state index contributed by atoms with van der Waals surface area (Å²) >= 11 is 3.46. The Labute approximate surface area is 117 Å². The molecule has 0 aliphatic heterocycles. The maximum absolute atomic E-state index is 11.7. The number of rotatable bonds is 7. The molecule has 1 rings (SSSR count). The van der Waals surface area contributed by atoms with Gasteiger partial charge >= 0.3 is 0 Å². The fourth-order valence-electron chi connectivity index (χ4n) is 1.73. The van der Waals surface area contributed by atoms with Crippen LogP contribution in [0.25, 0.3) is 0 Å². The molecule has 0 saturated heterocycles. The molecule has 0 aliphatic carbocycles. The van der Waals surface area contributed by atoms with Gasteiger partial charge in [0.2, 0.25) is 5.91 Å². The van der Waals surface area contributed by atoms with Gasteiger partial charge in [0, 0.05) is 17.4 Å². The summed E-state index contributed by atoms with van der Waals surface area (Å²) < 4.78 is 1.03. The molecule has 1 aromatic carbocycles. The number of nitrogens with two attached hydrogens (primary N) is 1. The Morgan fingerprint density at radius 3 is 2.78 bits per heavy atom. The van der Waals surface area contributed by atoms with Crippen LogP contribution in [0.4, 0.5) is 0 Å². The Bertz CT molecular complexity index is 382. The lowest BCUT2D eigenvalue weighted by molar-refractivity contribution is -0.121. The van der Waals surface area contributed by atoms with Crippen molar-refractivity contribution in [1.29, 1.82) is 0 Å². The minimum Gasteiger partial charge on any atom is -0.352 e. The number of hydrogen-bond acceptors (Lipinski definition) is 2. The summed E-state index contributed by atoms with van der Waals surface area (Å²) in [5.74, 6) is 0.624. The minimum absolute atomic E-state index is 0.106. The number of nitrogens with one attached hydrogen (secondary N) is 1. The number of amides is 1. The van der Waals surface area contributed by atoms with E-state index in [1.807, 2.05) is 24.3 Å². The summed E-state index contributed by atoms with van der Waals surface area (Å²) in [6.07, 6.45) is 2.46. The first-order valence-electron chi connectivity index (χ1n) is 6.33. The Kier molecular flexibility index (Phi) is 6.98. The zero-order valence-electron chi connectivity index (χ0n) is 10.8. The van der Waals surface area contributed by atoms with E-state index in [1.165, 1.54) is 0 Å². The van der Waals surface area contributed by atoms with Crippen LogP contribution in [0.5, 0.6) is 0 Å². The van der Waals surface area contributed by atoms with Gasteiger partial charge in [-0.1, -0.05) is 41.1 Å². The van der Waals surface area contributed by atoms with Crippen molar-refractivity contribution in [3.63, 3.8) is 0 Å². The smallest absolute Gasteiger partial charge is 0.220 e. The molecule has 1 aromatic rings. The number of halogens is 1. The third-order valence-electron chi connectivity index (χ3n) is 2.96. The topological polar surface area (TPSA) is 55.1 Å². The predicted molar refractivity (Wildman–Crippen MR) is 78.1 cm³/mol. The van der Waals surface area contributed by atoms with E-state index in [0.717, 1.165) is 22.9 Å². The highest BCUT2D eigenvalue weighted by atomic mass is 79.9. The summed E-state index contributed by atoms with van der Waals surface area (Å²) in [4.78, 5) is 11.7. The number of hydrogen-bond donors (Lipinski definition) is 2. The number of carbonyl (C=O) groups excluding carboxylic acids is 1. The average molecular weight is 313 g/mol. The third-order valence-corrected chi connectivity index (χ3v) is 3.73. The van der Waals surface area contributed by atoms with Crippen molar-refractivity contribution < 1.29 is 4.79 Å². The van der Waals surface area contributed by atoms with E-state index in [4.69, 9.17) is 5.73 Å². The van der Waals surface area contributed by atoms with Gasteiger partial charge in [-0.2, -0.15) is 0 Å². The van der Waals surface area contributed by atoms with Crippen LogP contribution in [0.1, 0.15) is 31.7 Å². The molecule has 0 fully saturated rings. The largest absolute Gasteiger partial charge is 0.352 e. The molecule has 0 bridgehead atoms. The second kappa shape index (κ2) is 8.27. The van der Waals surface area contributed by atoms with Gasteiger partial charge in [0.15, 0.2) is 0 Å². The Hall–Kier alpha value is -0.870. The van der Waals surface area contributed by atoms with E-state index in [2.05, 4.69) is 28.2 Å². The van der Waals surface area contributed by atoms with Crippen molar-refractivity contribution in [2.75, 3.05) is 6.54 Å². The van der Waals surface area contributed by atoms with Crippen LogP contribution in [0.15, 0.2) is 28.7 Å². The van der Waals surface area contributed by atoms with Gasteiger partial charge in [0.1, 0.15) is 0 Å². The van der Waals surface area contributed by atoms with Crippen LogP contribution in [0, 0.1) is 5.92 Å². The van der Waals surface area contributed by atoms with Gasteiger partial charge in [0.25, 0.3) is 0 Å². The van der Waals surface area contributed by atoms with Gasteiger partial charge in [-0.05, 0) is 36.9 Å². The lowest BCUT2D eigenvalue weighted by atomic mass is 10.0. The van der Waals surface area contributed by atoms with Crippen molar-refractivity contribution in [3.05, 3.63) is 34.3 Å².